The molecule has 6 aromatic heterocycles. The van der Waals surface area contributed by atoms with Gasteiger partial charge in [-0.15, -0.1) is 0 Å². The van der Waals surface area contributed by atoms with E-state index < -0.39 is 6.03 Å². The van der Waals surface area contributed by atoms with E-state index in [0.717, 1.165) is 212 Å². The van der Waals surface area contributed by atoms with Gasteiger partial charge in [0.1, 0.15) is 0 Å². The maximum atomic E-state index is 15.1. The van der Waals surface area contributed by atoms with Gasteiger partial charge in [-0.2, -0.15) is 0 Å². The lowest BCUT2D eigenvalue weighted by molar-refractivity contribution is 0.262. The number of fused-ring (bicyclic) bond motifs is 16. The molecule has 0 aliphatic carbocycles. The molecule has 16 bridgehead atoms. The van der Waals surface area contributed by atoms with Crippen molar-refractivity contribution in [2.45, 2.75) is 55.4 Å². The standard InChI is InChI=1S/C97H76N10O/c1-55-9-23-63(24-10-55)89-71-37-41-75(98-71)91(65-27-13-57(3)14-28-65)79-45-49-83(102-79)95(84-50-46-80(103-84)92(76-42-38-72(89)99-76)66-29-15-58(4)16-30-66)69-35-21-61(7)87(53-69)106-97(108)107-88-54-70(36-22-62(88)8)96-85-51-47-81(104-85)93(67-31-17-59(5)18-32-67)77-43-39-73(100-77)90(64-25-11-56(2)12-26-64)74-40-44-78(101-74)94(82-48-52-86(96)105-82)68-33-19-60(6)20-34-68/h9-54,98,100,103,105H,1-8H3,(H2,106,107,108). The van der Waals surface area contributed by atoms with Crippen LogP contribution in [0.25, 0.3) is 182 Å². The van der Waals surface area contributed by atoms with Crippen LogP contribution < -0.4 is 10.6 Å². The molecule has 520 valence electrons. The highest BCUT2D eigenvalue weighted by Gasteiger charge is 2.24. The Morgan fingerprint density at radius 1 is 0.222 bits per heavy atom. The first-order valence-corrected chi connectivity index (χ1v) is 36.7. The summed E-state index contributed by atoms with van der Waals surface area (Å²) >= 11 is 0. The van der Waals surface area contributed by atoms with Crippen LogP contribution in [0.15, 0.2) is 231 Å². The molecule has 8 aromatic carbocycles. The zero-order chi connectivity index (χ0) is 73.4. The van der Waals surface area contributed by atoms with Crippen molar-refractivity contribution in [3.63, 3.8) is 0 Å². The van der Waals surface area contributed by atoms with Crippen LogP contribution in [0, 0.1) is 55.4 Å². The smallest absolute Gasteiger partial charge is 0.323 e. The number of hydrogen-bond acceptors (Lipinski definition) is 5. The Balaban J connectivity index is 0.780. The highest BCUT2D eigenvalue weighted by atomic mass is 16.2. The number of carbonyl (C=O) groups excluding carboxylic acids is 1. The molecule has 4 aliphatic heterocycles. The molecule has 11 heteroatoms. The van der Waals surface area contributed by atoms with E-state index in [1.807, 2.05) is 13.8 Å². The van der Waals surface area contributed by atoms with E-state index in [0.29, 0.717) is 11.4 Å². The monoisotopic (exact) mass is 1400 g/mol. The highest BCUT2D eigenvalue weighted by molar-refractivity contribution is 6.06. The van der Waals surface area contributed by atoms with Crippen LogP contribution in [0.2, 0.25) is 0 Å². The van der Waals surface area contributed by atoms with Crippen LogP contribution in [-0.4, -0.2) is 45.9 Å². The third kappa shape index (κ3) is 12.5. The Morgan fingerprint density at radius 3 is 0.574 bits per heavy atom. The predicted octanol–water partition coefficient (Wildman–Crippen LogP) is 25.1. The summed E-state index contributed by atoms with van der Waals surface area (Å²) in [4.78, 5) is 53.0. The quantitative estimate of drug-likeness (QED) is 0.0804. The number of carbonyl (C=O) groups is 1. The Labute approximate surface area is 626 Å². The molecule has 4 aliphatic rings. The minimum Gasteiger partial charge on any atom is -0.354 e. The van der Waals surface area contributed by atoms with E-state index in [4.69, 9.17) is 19.9 Å². The normalized spacial score (nSPS) is 12.1. The van der Waals surface area contributed by atoms with Gasteiger partial charge in [-0.05, 0) is 220 Å². The molecular formula is C97H76N10O. The number of anilines is 2. The lowest BCUT2D eigenvalue weighted by Crippen LogP contribution is -2.20. The second-order valence-electron chi connectivity index (χ2n) is 28.8. The van der Waals surface area contributed by atoms with Crippen molar-refractivity contribution >= 4 is 110 Å². The summed E-state index contributed by atoms with van der Waals surface area (Å²) in [5.41, 5.74) is 39.1. The van der Waals surface area contributed by atoms with E-state index in [2.05, 4.69) is 351 Å². The van der Waals surface area contributed by atoms with E-state index >= 15 is 4.79 Å². The molecule has 11 nitrogen and oxygen atoms in total. The zero-order valence-electron chi connectivity index (χ0n) is 61.3. The summed E-state index contributed by atoms with van der Waals surface area (Å²) in [6, 6.07) is 81.2. The SMILES string of the molecule is Cc1ccc(-c2c3nc(c(-c4ccc(C)cc4)c4ccc([nH]4)c(-c4ccc(C)c(NC(=O)Nc5cc(-c6c7nc(c(-c8ccc(C)cc8)c8ccc([nH]8)c(-c8ccc(C)cc8)c8nc(c(-c9ccc(C)cc9)c9ccc6[nH]9)C=C8)C=C7)ccc5C)c4)c4nc(c(-c5ccc(C)cc5)c5ccc2[nH]5)C=C4)C=C3)cc1. The number of urea groups is 1. The largest absolute Gasteiger partial charge is 0.354 e. The number of aryl methyl sites for hydroxylation is 8. The van der Waals surface area contributed by atoms with Crippen molar-refractivity contribution in [3.8, 4) is 89.0 Å². The number of rotatable bonds is 10. The fraction of sp³-hybridized carbons (Fsp3) is 0.0825. The summed E-state index contributed by atoms with van der Waals surface area (Å²) in [6.45, 7) is 16.7. The number of nitrogens with one attached hydrogen (secondary N) is 6. The van der Waals surface area contributed by atoms with Gasteiger partial charge in [-0.25, -0.2) is 24.7 Å². The maximum absolute atomic E-state index is 15.1. The summed E-state index contributed by atoms with van der Waals surface area (Å²) in [5, 5.41) is 6.64. The molecule has 0 unspecified atom stereocenters. The van der Waals surface area contributed by atoms with E-state index in [-0.39, 0.29) is 0 Å². The zero-order valence-corrected chi connectivity index (χ0v) is 61.3. The summed E-state index contributed by atoms with van der Waals surface area (Å²) in [6.07, 6.45) is 17.0. The Hall–Kier alpha value is -13.8. The fourth-order valence-corrected chi connectivity index (χ4v) is 15.3. The average molecular weight is 1400 g/mol. The van der Waals surface area contributed by atoms with Crippen LogP contribution in [0.4, 0.5) is 16.2 Å². The number of aromatic nitrogens is 8. The topological polar surface area (TPSA) is 156 Å². The summed E-state index contributed by atoms with van der Waals surface area (Å²) < 4.78 is 0. The molecule has 18 rings (SSSR count). The van der Waals surface area contributed by atoms with Crippen molar-refractivity contribution in [3.05, 3.63) is 321 Å². The molecule has 0 saturated carbocycles. The molecule has 0 radical (unpaired) electrons. The number of hydrogen-bond donors (Lipinski definition) is 6. The second kappa shape index (κ2) is 27.0. The fourth-order valence-electron chi connectivity index (χ4n) is 15.3. The van der Waals surface area contributed by atoms with Crippen molar-refractivity contribution in [2.75, 3.05) is 10.6 Å². The van der Waals surface area contributed by atoms with Gasteiger partial charge in [0.15, 0.2) is 0 Å². The van der Waals surface area contributed by atoms with Crippen LogP contribution in [-0.2, 0) is 0 Å². The molecule has 0 fully saturated rings. The van der Waals surface area contributed by atoms with Crippen LogP contribution in [0.5, 0.6) is 0 Å². The van der Waals surface area contributed by atoms with Gasteiger partial charge >= 0.3 is 6.03 Å². The van der Waals surface area contributed by atoms with Crippen molar-refractivity contribution in [2.24, 2.45) is 0 Å². The third-order valence-electron chi connectivity index (χ3n) is 21.1. The van der Waals surface area contributed by atoms with Crippen LogP contribution in [0.1, 0.15) is 90.1 Å². The molecule has 108 heavy (non-hydrogen) atoms. The van der Waals surface area contributed by atoms with Crippen LogP contribution >= 0.6 is 0 Å². The van der Waals surface area contributed by atoms with Crippen molar-refractivity contribution < 1.29 is 4.79 Å². The molecule has 2 amide bonds. The molecule has 0 spiro atoms. The van der Waals surface area contributed by atoms with E-state index in [1.165, 1.54) is 11.1 Å². The first kappa shape index (κ1) is 66.2. The van der Waals surface area contributed by atoms with E-state index in [1.54, 1.807) is 0 Å². The minimum absolute atomic E-state index is 0.401. The number of nitrogens with zero attached hydrogens (tertiary/aromatic N) is 4. The second-order valence-corrected chi connectivity index (χ2v) is 28.8. The molecule has 10 heterocycles. The Bertz CT molecular complexity index is 6050. The Morgan fingerprint density at radius 2 is 0.389 bits per heavy atom. The Kier molecular flexibility index (Phi) is 16.6. The van der Waals surface area contributed by atoms with Gasteiger partial charge in [0.25, 0.3) is 0 Å². The number of aromatic amines is 4. The van der Waals surface area contributed by atoms with Gasteiger partial charge in [0, 0.05) is 100 Å². The van der Waals surface area contributed by atoms with Gasteiger partial charge < -0.3 is 30.6 Å². The summed E-state index contributed by atoms with van der Waals surface area (Å²) in [5.74, 6) is 0. The molecule has 0 saturated heterocycles. The number of amides is 2. The predicted molar refractivity (Wildman–Crippen MR) is 452 cm³/mol. The first-order chi connectivity index (χ1) is 52.6. The van der Waals surface area contributed by atoms with Gasteiger partial charge in [0.2, 0.25) is 0 Å². The molecular weight excluding hydrogens is 1320 g/mol. The third-order valence-corrected chi connectivity index (χ3v) is 21.1. The average Bonchev–Trinajstić information content (AvgIpc) is 1.62. The number of H-pyrrole nitrogens is 4. The van der Waals surface area contributed by atoms with Crippen molar-refractivity contribution in [1.29, 1.82) is 0 Å². The van der Waals surface area contributed by atoms with E-state index in [9.17, 15) is 0 Å². The molecule has 14 aromatic rings. The summed E-state index contributed by atoms with van der Waals surface area (Å²) in [7, 11) is 0. The molecule has 0 atom stereocenters. The lowest BCUT2D eigenvalue weighted by atomic mass is 10.0. The lowest BCUT2D eigenvalue weighted by Gasteiger charge is -2.15. The van der Waals surface area contributed by atoms with Gasteiger partial charge in [-0.3, -0.25) is 0 Å². The minimum atomic E-state index is -0.401. The van der Waals surface area contributed by atoms with Crippen molar-refractivity contribution in [1.82, 2.24) is 39.9 Å². The van der Waals surface area contributed by atoms with Crippen LogP contribution in [0.3, 0.4) is 0 Å². The number of benzene rings is 8. The highest BCUT2D eigenvalue weighted by Crippen LogP contribution is 2.43. The first-order valence-electron chi connectivity index (χ1n) is 36.7. The van der Waals surface area contributed by atoms with Gasteiger partial charge in [-0.1, -0.05) is 203 Å². The molecule has 6 N–H and O–H groups in total. The maximum Gasteiger partial charge on any atom is 0.323 e. The van der Waals surface area contributed by atoms with Gasteiger partial charge in [0.05, 0.1) is 45.6 Å².